The van der Waals surface area contributed by atoms with Crippen molar-refractivity contribution >= 4 is 12.3 Å². The van der Waals surface area contributed by atoms with Crippen molar-refractivity contribution in [2.45, 2.75) is 26.7 Å². The summed E-state index contributed by atoms with van der Waals surface area (Å²) >= 11 is 0. The zero-order chi connectivity index (χ0) is 21.3. The number of aldehydes is 1. The molecule has 2 aromatic heterocycles. The van der Waals surface area contributed by atoms with E-state index in [-0.39, 0.29) is 24.6 Å². The molecule has 0 aliphatic rings. The van der Waals surface area contributed by atoms with Crippen LogP contribution in [0.15, 0.2) is 54.7 Å². The number of ether oxygens (including phenoxy) is 3. The molecular formula is C23H24N2O5. The van der Waals surface area contributed by atoms with Gasteiger partial charge in [-0.25, -0.2) is 9.78 Å². The predicted octanol–water partition coefficient (Wildman–Crippen LogP) is 3.65. The molecule has 0 saturated heterocycles. The van der Waals surface area contributed by atoms with Crippen LogP contribution in [-0.4, -0.2) is 35.5 Å². The zero-order valence-corrected chi connectivity index (χ0v) is 17.0. The van der Waals surface area contributed by atoms with E-state index in [0.717, 1.165) is 5.56 Å². The fourth-order valence-electron chi connectivity index (χ4n) is 3.14. The quantitative estimate of drug-likeness (QED) is 0.376. The highest BCUT2D eigenvalue weighted by atomic mass is 16.5. The molecule has 0 aliphatic heterocycles. The molecule has 156 valence electrons. The molecule has 7 heteroatoms. The van der Waals surface area contributed by atoms with E-state index in [9.17, 15) is 9.59 Å². The molecule has 2 heterocycles. The molecule has 3 aromatic rings. The summed E-state index contributed by atoms with van der Waals surface area (Å²) in [6.45, 7) is 2.45. The van der Waals surface area contributed by atoms with Gasteiger partial charge in [-0.1, -0.05) is 36.4 Å². The zero-order valence-electron chi connectivity index (χ0n) is 17.0. The van der Waals surface area contributed by atoms with E-state index in [0.29, 0.717) is 36.5 Å². The third kappa shape index (κ3) is 5.12. The summed E-state index contributed by atoms with van der Waals surface area (Å²) in [6.07, 6.45) is 2.74. The summed E-state index contributed by atoms with van der Waals surface area (Å²) < 4.78 is 17.7. The molecule has 0 bridgehead atoms. The molecule has 3 rings (SSSR count). The first kappa shape index (κ1) is 21.3. The summed E-state index contributed by atoms with van der Waals surface area (Å²) in [5.41, 5.74) is 2.82. The molecule has 0 saturated carbocycles. The second kappa shape index (κ2) is 10.4. The lowest BCUT2D eigenvalue weighted by Crippen LogP contribution is -2.12. The third-order valence-corrected chi connectivity index (χ3v) is 4.49. The van der Waals surface area contributed by atoms with E-state index in [2.05, 4.69) is 4.98 Å². The Balaban J connectivity index is 1.87. The van der Waals surface area contributed by atoms with Gasteiger partial charge in [0, 0.05) is 24.4 Å². The average Bonchev–Trinajstić information content (AvgIpc) is 3.11. The summed E-state index contributed by atoms with van der Waals surface area (Å²) in [4.78, 5) is 28.8. The smallest absolute Gasteiger partial charge is 0.340 e. The molecule has 0 aliphatic carbocycles. The molecule has 0 amide bonds. The van der Waals surface area contributed by atoms with E-state index in [4.69, 9.17) is 14.2 Å². The topological polar surface area (TPSA) is 79.7 Å². The van der Waals surface area contributed by atoms with E-state index < -0.39 is 5.97 Å². The van der Waals surface area contributed by atoms with Crippen molar-refractivity contribution in [3.8, 4) is 5.88 Å². The average molecular weight is 408 g/mol. The van der Waals surface area contributed by atoms with Crippen LogP contribution in [0.4, 0.5) is 0 Å². The number of hydrogen-bond acceptors (Lipinski definition) is 6. The van der Waals surface area contributed by atoms with E-state index in [1.807, 2.05) is 42.5 Å². The molecule has 0 unspecified atom stereocenters. The number of rotatable bonds is 10. The van der Waals surface area contributed by atoms with Gasteiger partial charge in [-0.15, -0.1) is 0 Å². The predicted molar refractivity (Wildman–Crippen MR) is 111 cm³/mol. The number of nitrogens with zero attached hydrogens (tertiary/aromatic N) is 2. The van der Waals surface area contributed by atoms with Gasteiger partial charge in [0.15, 0.2) is 6.29 Å². The van der Waals surface area contributed by atoms with Crippen molar-refractivity contribution in [3.63, 3.8) is 0 Å². The molecule has 7 nitrogen and oxygen atoms in total. The van der Waals surface area contributed by atoms with Crippen LogP contribution in [0, 0.1) is 0 Å². The molecule has 0 radical (unpaired) electrons. The van der Waals surface area contributed by atoms with Crippen molar-refractivity contribution in [1.82, 2.24) is 9.55 Å². The molecule has 0 fully saturated rings. The van der Waals surface area contributed by atoms with E-state index >= 15 is 0 Å². The Labute approximate surface area is 175 Å². The Morgan fingerprint density at radius 3 is 2.63 bits per heavy atom. The number of carbonyl (C=O) groups is 2. The minimum Gasteiger partial charge on any atom is -0.481 e. The molecule has 0 N–H and O–H groups in total. The van der Waals surface area contributed by atoms with Crippen LogP contribution in [0.25, 0.3) is 0 Å². The van der Waals surface area contributed by atoms with E-state index in [1.165, 1.54) is 0 Å². The fourth-order valence-corrected chi connectivity index (χ4v) is 3.14. The first-order valence-corrected chi connectivity index (χ1v) is 9.62. The van der Waals surface area contributed by atoms with Crippen molar-refractivity contribution in [2.75, 3.05) is 13.7 Å². The van der Waals surface area contributed by atoms with Gasteiger partial charge in [0.2, 0.25) is 5.88 Å². The normalized spacial score (nSPS) is 10.6. The largest absolute Gasteiger partial charge is 0.481 e. The maximum absolute atomic E-state index is 12.6. The molecule has 30 heavy (non-hydrogen) atoms. The number of pyridine rings is 1. The molecule has 0 atom stereocenters. The number of methoxy groups -OCH3 is 1. The summed E-state index contributed by atoms with van der Waals surface area (Å²) in [5, 5.41) is 0. The van der Waals surface area contributed by atoms with Crippen LogP contribution >= 0.6 is 0 Å². The van der Waals surface area contributed by atoms with Gasteiger partial charge in [0.05, 0.1) is 31.6 Å². The Kier molecular flexibility index (Phi) is 7.34. The van der Waals surface area contributed by atoms with Gasteiger partial charge in [-0.2, -0.15) is 0 Å². The number of benzene rings is 1. The van der Waals surface area contributed by atoms with Crippen LogP contribution in [0.2, 0.25) is 0 Å². The summed E-state index contributed by atoms with van der Waals surface area (Å²) in [5.74, 6) is -0.0641. The molecular weight excluding hydrogens is 384 g/mol. The number of hydrogen-bond donors (Lipinski definition) is 0. The maximum Gasteiger partial charge on any atom is 0.340 e. The third-order valence-electron chi connectivity index (χ3n) is 4.49. The lowest BCUT2D eigenvalue weighted by atomic mass is 10.1. The Morgan fingerprint density at radius 2 is 1.93 bits per heavy atom. The van der Waals surface area contributed by atoms with E-state index in [1.54, 1.807) is 30.9 Å². The Morgan fingerprint density at radius 1 is 1.13 bits per heavy atom. The highest BCUT2D eigenvalue weighted by molar-refractivity contribution is 5.99. The van der Waals surface area contributed by atoms with Crippen LogP contribution in [-0.2, 0) is 29.2 Å². The Bertz CT molecular complexity index is 998. The fraction of sp³-hybridized carbons (Fsp3) is 0.261. The maximum atomic E-state index is 12.6. The first-order chi connectivity index (χ1) is 14.7. The second-order valence-electron chi connectivity index (χ2n) is 6.53. The standard InChI is InChI=1S/C23H24N2O5/c1-3-30-23(27)22-18(12-19-10-7-11-21(24-19)28-2)13-25(20(22)14-26)16-29-15-17-8-5-4-6-9-17/h4-11,13-14H,3,12,15-16H2,1-2H3. The molecule has 1 aromatic carbocycles. The van der Waals surface area contributed by atoms with Crippen LogP contribution < -0.4 is 4.74 Å². The lowest BCUT2D eigenvalue weighted by molar-refractivity contribution is 0.0515. The van der Waals surface area contributed by atoms with Crippen molar-refractivity contribution < 1.29 is 23.8 Å². The number of aromatic nitrogens is 2. The van der Waals surface area contributed by atoms with Crippen molar-refractivity contribution in [3.05, 3.63) is 82.8 Å². The van der Waals surface area contributed by atoms with Crippen molar-refractivity contribution in [2.24, 2.45) is 0 Å². The second-order valence-corrected chi connectivity index (χ2v) is 6.53. The van der Waals surface area contributed by atoms with Crippen LogP contribution in [0.1, 0.15) is 44.6 Å². The highest BCUT2D eigenvalue weighted by Crippen LogP contribution is 2.22. The molecule has 0 spiro atoms. The number of carbonyl (C=O) groups excluding carboxylic acids is 2. The minimum atomic E-state index is -0.542. The van der Waals surface area contributed by atoms with Gasteiger partial charge in [0.1, 0.15) is 6.73 Å². The summed E-state index contributed by atoms with van der Waals surface area (Å²) in [7, 11) is 1.54. The minimum absolute atomic E-state index is 0.126. The SMILES string of the molecule is CCOC(=O)c1c(Cc2cccc(OC)n2)cn(COCc2ccccc2)c1C=O. The number of esters is 1. The Hall–Kier alpha value is -3.45. The van der Waals surface area contributed by atoms with Crippen LogP contribution in [0.5, 0.6) is 5.88 Å². The highest BCUT2D eigenvalue weighted by Gasteiger charge is 2.23. The first-order valence-electron chi connectivity index (χ1n) is 9.62. The van der Waals surface area contributed by atoms with Gasteiger partial charge in [-0.05, 0) is 24.1 Å². The monoisotopic (exact) mass is 408 g/mol. The van der Waals surface area contributed by atoms with Gasteiger partial charge >= 0.3 is 5.97 Å². The van der Waals surface area contributed by atoms with Gasteiger partial charge in [-0.3, -0.25) is 4.79 Å². The van der Waals surface area contributed by atoms with Gasteiger partial charge < -0.3 is 18.8 Å². The van der Waals surface area contributed by atoms with Crippen LogP contribution in [0.3, 0.4) is 0 Å². The van der Waals surface area contributed by atoms with Crippen molar-refractivity contribution in [1.29, 1.82) is 0 Å². The summed E-state index contributed by atoms with van der Waals surface area (Å²) in [6, 6.07) is 15.1. The van der Waals surface area contributed by atoms with Gasteiger partial charge in [0.25, 0.3) is 0 Å². The lowest BCUT2D eigenvalue weighted by Gasteiger charge is -2.08.